The molecule has 0 aliphatic heterocycles. The molecule has 9 heteroatoms. The van der Waals surface area contributed by atoms with Gasteiger partial charge >= 0.3 is 10.1 Å². The van der Waals surface area contributed by atoms with Crippen LogP contribution < -0.4 is 19.1 Å². The number of benzene rings is 3. The fourth-order valence-corrected chi connectivity index (χ4v) is 3.76. The summed E-state index contributed by atoms with van der Waals surface area (Å²) in [6.07, 6.45) is 1.40. The van der Waals surface area contributed by atoms with Crippen LogP contribution in [-0.4, -0.2) is 34.8 Å². The summed E-state index contributed by atoms with van der Waals surface area (Å²) in [5, 5.41) is 3.95. The third-order valence-electron chi connectivity index (χ3n) is 4.40. The van der Waals surface area contributed by atoms with Crippen LogP contribution in [0.3, 0.4) is 0 Å². The summed E-state index contributed by atoms with van der Waals surface area (Å²) in [7, 11) is -1.13. The number of carbonyl (C=O) groups is 1. The molecule has 0 atom stereocenters. The van der Waals surface area contributed by atoms with Gasteiger partial charge in [-0.2, -0.15) is 13.5 Å². The van der Waals surface area contributed by atoms with Crippen molar-refractivity contribution in [1.29, 1.82) is 0 Å². The van der Waals surface area contributed by atoms with Gasteiger partial charge in [-0.15, -0.1) is 0 Å². The molecule has 0 saturated heterocycles. The molecule has 0 aromatic heterocycles. The SMILES string of the molecule is COc1cc(/C=N\NC(=O)c2ccc(C)cc2OC)ccc1OS(=O)(=O)c1ccccc1. The Morgan fingerprint density at radius 3 is 2.31 bits per heavy atom. The first-order valence-corrected chi connectivity index (χ1v) is 10.9. The van der Waals surface area contributed by atoms with Crippen molar-refractivity contribution in [3.8, 4) is 17.2 Å². The monoisotopic (exact) mass is 454 g/mol. The number of nitrogens with one attached hydrogen (secondary N) is 1. The van der Waals surface area contributed by atoms with Crippen molar-refractivity contribution < 1.29 is 26.9 Å². The zero-order valence-electron chi connectivity index (χ0n) is 17.7. The summed E-state index contributed by atoms with van der Waals surface area (Å²) in [5.41, 5.74) is 4.31. The first-order chi connectivity index (χ1) is 15.3. The van der Waals surface area contributed by atoms with Gasteiger partial charge in [-0.05, 0) is 60.5 Å². The lowest BCUT2D eigenvalue weighted by Crippen LogP contribution is -2.18. The maximum absolute atomic E-state index is 12.4. The van der Waals surface area contributed by atoms with Crippen LogP contribution in [0, 0.1) is 6.92 Å². The fraction of sp³-hybridized carbons (Fsp3) is 0.130. The number of ether oxygens (including phenoxy) is 2. The van der Waals surface area contributed by atoms with E-state index < -0.39 is 16.0 Å². The molecule has 3 rings (SSSR count). The second-order valence-electron chi connectivity index (χ2n) is 6.66. The predicted molar refractivity (Wildman–Crippen MR) is 120 cm³/mol. The molecule has 0 bridgehead atoms. The molecule has 166 valence electrons. The van der Waals surface area contributed by atoms with Crippen molar-refractivity contribution in [2.75, 3.05) is 14.2 Å². The van der Waals surface area contributed by atoms with Gasteiger partial charge in [0.15, 0.2) is 11.5 Å². The molecule has 0 radical (unpaired) electrons. The van der Waals surface area contributed by atoms with Gasteiger partial charge in [0, 0.05) is 0 Å². The number of carbonyl (C=O) groups excluding carboxylic acids is 1. The van der Waals surface area contributed by atoms with E-state index in [4.69, 9.17) is 13.7 Å². The highest BCUT2D eigenvalue weighted by Gasteiger charge is 2.19. The quantitative estimate of drug-likeness (QED) is 0.317. The minimum Gasteiger partial charge on any atom is -0.496 e. The van der Waals surface area contributed by atoms with Crippen LogP contribution in [0.4, 0.5) is 0 Å². The molecule has 0 heterocycles. The Bertz CT molecular complexity index is 1240. The van der Waals surface area contributed by atoms with E-state index >= 15 is 0 Å². The van der Waals surface area contributed by atoms with Crippen molar-refractivity contribution in [2.24, 2.45) is 5.10 Å². The lowest BCUT2D eigenvalue weighted by molar-refractivity contribution is 0.0952. The maximum Gasteiger partial charge on any atom is 0.339 e. The molecule has 0 aliphatic rings. The van der Waals surface area contributed by atoms with Crippen LogP contribution in [0.25, 0.3) is 0 Å². The van der Waals surface area contributed by atoms with E-state index in [0.29, 0.717) is 16.9 Å². The zero-order valence-corrected chi connectivity index (χ0v) is 18.5. The fourth-order valence-electron chi connectivity index (χ4n) is 2.80. The third-order valence-corrected chi connectivity index (χ3v) is 5.65. The third kappa shape index (κ3) is 5.44. The van der Waals surface area contributed by atoms with Crippen molar-refractivity contribution in [3.05, 3.63) is 83.4 Å². The molecule has 0 aliphatic carbocycles. The molecule has 0 unspecified atom stereocenters. The second kappa shape index (κ2) is 9.97. The van der Waals surface area contributed by atoms with Crippen molar-refractivity contribution in [1.82, 2.24) is 5.43 Å². The average molecular weight is 455 g/mol. The van der Waals surface area contributed by atoms with Gasteiger partial charge in [-0.1, -0.05) is 24.3 Å². The number of methoxy groups -OCH3 is 2. The van der Waals surface area contributed by atoms with Crippen LogP contribution in [0.2, 0.25) is 0 Å². The maximum atomic E-state index is 12.4. The zero-order chi connectivity index (χ0) is 23.1. The topological polar surface area (TPSA) is 103 Å². The highest BCUT2D eigenvalue weighted by Crippen LogP contribution is 2.30. The van der Waals surface area contributed by atoms with E-state index in [1.54, 1.807) is 42.5 Å². The van der Waals surface area contributed by atoms with Crippen LogP contribution >= 0.6 is 0 Å². The van der Waals surface area contributed by atoms with E-state index in [1.807, 2.05) is 6.92 Å². The summed E-state index contributed by atoms with van der Waals surface area (Å²) in [4.78, 5) is 12.4. The largest absolute Gasteiger partial charge is 0.496 e. The Balaban J connectivity index is 1.73. The molecular weight excluding hydrogens is 432 g/mol. The van der Waals surface area contributed by atoms with Gasteiger partial charge < -0.3 is 13.7 Å². The lowest BCUT2D eigenvalue weighted by Gasteiger charge is -2.11. The van der Waals surface area contributed by atoms with Crippen LogP contribution in [0.5, 0.6) is 17.2 Å². The highest BCUT2D eigenvalue weighted by atomic mass is 32.2. The number of hydrogen-bond donors (Lipinski definition) is 1. The van der Waals surface area contributed by atoms with Crippen molar-refractivity contribution in [3.63, 3.8) is 0 Å². The van der Waals surface area contributed by atoms with Gasteiger partial charge in [-0.3, -0.25) is 4.79 Å². The van der Waals surface area contributed by atoms with Gasteiger partial charge in [0.1, 0.15) is 10.6 Å². The normalized spacial score (nSPS) is 11.2. The van der Waals surface area contributed by atoms with Gasteiger partial charge in [-0.25, -0.2) is 5.43 Å². The molecule has 8 nitrogen and oxygen atoms in total. The summed E-state index contributed by atoms with van der Waals surface area (Å²) in [6, 6.07) is 17.6. The van der Waals surface area contributed by atoms with E-state index in [0.717, 1.165) is 5.56 Å². The molecular formula is C23H22N2O6S. The van der Waals surface area contributed by atoms with Crippen LogP contribution in [-0.2, 0) is 10.1 Å². The minimum absolute atomic E-state index is 0.0296. The Morgan fingerprint density at radius 2 is 1.62 bits per heavy atom. The number of rotatable bonds is 8. The number of hydrogen-bond acceptors (Lipinski definition) is 7. The van der Waals surface area contributed by atoms with E-state index in [9.17, 15) is 13.2 Å². The number of nitrogens with zero attached hydrogens (tertiary/aromatic N) is 1. The van der Waals surface area contributed by atoms with Crippen molar-refractivity contribution in [2.45, 2.75) is 11.8 Å². The van der Waals surface area contributed by atoms with E-state index in [1.165, 1.54) is 44.7 Å². The van der Waals surface area contributed by atoms with Crippen LogP contribution in [0.1, 0.15) is 21.5 Å². The Labute approximate surface area is 186 Å². The van der Waals surface area contributed by atoms with Crippen molar-refractivity contribution >= 4 is 22.2 Å². The molecule has 0 spiro atoms. The Morgan fingerprint density at radius 1 is 0.906 bits per heavy atom. The van der Waals surface area contributed by atoms with E-state index in [-0.39, 0.29) is 16.4 Å². The average Bonchev–Trinajstić information content (AvgIpc) is 2.80. The number of amides is 1. The van der Waals surface area contributed by atoms with Crippen LogP contribution in [0.15, 0.2) is 76.7 Å². The molecule has 3 aromatic rings. The van der Waals surface area contributed by atoms with Gasteiger partial charge in [0.2, 0.25) is 0 Å². The minimum atomic E-state index is -4.01. The standard InChI is InChI=1S/C23H22N2O6S/c1-16-9-11-19(21(13-16)29-2)23(26)25-24-15-17-10-12-20(22(14-17)30-3)31-32(27,28)18-7-5-4-6-8-18/h4-15H,1-3H3,(H,25,26)/b24-15-. The van der Waals surface area contributed by atoms with Gasteiger partial charge in [0.05, 0.1) is 26.0 Å². The molecule has 0 saturated carbocycles. The highest BCUT2D eigenvalue weighted by molar-refractivity contribution is 7.87. The Hall–Kier alpha value is -3.85. The molecule has 1 amide bonds. The molecule has 32 heavy (non-hydrogen) atoms. The summed E-state index contributed by atoms with van der Waals surface area (Å²) < 4.78 is 40.6. The molecule has 0 fully saturated rings. The predicted octanol–water partition coefficient (Wildman–Crippen LogP) is 3.54. The summed E-state index contributed by atoms with van der Waals surface area (Å²) in [6.45, 7) is 1.90. The second-order valence-corrected chi connectivity index (χ2v) is 8.21. The van der Waals surface area contributed by atoms with E-state index in [2.05, 4.69) is 10.5 Å². The summed E-state index contributed by atoms with van der Waals surface area (Å²) >= 11 is 0. The molecule has 1 N–H and O–H groups in total. The van der Waals surface area contributed by atoms with Gasteiger partial charge in [0.25, 0.3) is 5.91 Å². The lowest BCUT2D eigenvalue weighted by atomic mass is 10.1. The number of hydrazone groups is 1. The first kappa shape index (κ1) is 22.8. The first-order valence-electron chi connectivity index (χ1n) is 9.49. The Kier molecular flexibility index (Phi) is 7.11. The summed E-state index contributed by atoms with van der Waals surface area (Å²) in [5.74, 6) is 0.237. The molecule has 3 aromatic carbocycles. The number of aryl methyl sites for hydroxylation is 1. The smallest absolute Gasteiger partial charge is 0.339 e.